The van der Waals surface area contributed by atoms with Crippen molar-refractivity contribution in [2.24, 2.45) is 0 Å². The molecule has 0 saturated carbocycles. The Morgan fingerprint density at radius 2 is 1.80 bits per heavy atom. The molecule has 1 atom stereocenters. The second kappa shape index (κ2) is 7.76. The fourth-order valence-corrected chi connectivity index (χ4v) is 3.74. The molecule has 25 heavy (non-hydrogen) atoms. The van der Waals surface area contributed by atoms with E-state index in [0.29, 0.717) is 31.0 Å². The lowest BCUT2D eigenvalue weighted by Gasteiger charge is -2.37. The maximum absolute atomic E-state index is 12.7. The Morgan fingerprint density at radius 3 is 2.56 bits per heavy atom. The van der Waals surface area contributed by atoms with Crippen molar-refractivity contribution in [2.75, 3.05) is 27.3 Å². The van der Waals surface area contributed by atoms with Crippen LogP contribution in [0.5, 0.6) is 11.5 Å². The van der Waals surface area contributed by atoms with Crippen molar-refractivity contribution in [2.45, 2.75) is 44.6 Å². The van der Waals surface area contributed by atoms with E-state index in [1.165, 1.54) is 0 Å². The van der Waals surface area contributed by atoms with E-state index in [9.17, 15) is 9.59 Å². The molecule has 6 nitrogen and oxygen atoms in total. The molecule has 3 rings (SSSR count). The van der Waals surface area contributed by atoms with Crippen LogP contribution in [-0.2, 0) is 16.0 Å². The second-order valence-corrected chi connectivity index (χ2v) is 6.62. The van der Waals surface area contributed by atoms with Crippen LogP contribution in [0.15, 0.2) is 12.1 Å². The van der Waals surface area contributed by atoms with Crippen molar-refractivity contribution in [1.29, 1.82) is 0 Å². The lowest BCUT2D eigenvalue weighted by molar-refractivity contribution is -0.135. The normalized spacial score (nSPS) is 21.5. The van der Waals surface area contributed by atoms with Gasteiger partial charge in [-0.3, -0.25) is 9.59 Å². The maximum atomic E-state index is 12.7. The van der Waals surface area contributed by atoms with Crippen LogP contribution in [0.25, 0.3) is 0 Å². The van der Waals surface area contributed by atoms with E-state index in [0.717, 1.165) is 36.8 Å². The lowest BCUT2D eigenvalue weighted by Crippen LogP contribution is -2.42. The quantitative estimate of drug-likeness (QED) is 0.891. The van der Waals surface area contributed by atoms with Gasteiger partial charge in [0.2, 0.25) is 11.8 Å². The van der Waals surface area contributed by atoms with Crippen LogP contribution in [0.4, 0.5) is 0 Å². The Balaban J connectivity index is 1.99. The highest BCUT2D eigenvalue weighted by Crippen LogP contribution is 2.39. The van der Waals surface area contributed by atoms with Crippen molar-refractivity contribution in [3.8, 4) is 11.5 Å². The van der Waals surface area contributed by atoms with E-state index < -0.39 is 0 Å². The number of amides is 2. The number of fused-ring (bicyclic) bond motifs is 3. The third-order valence-corrected chi connectivity index (χ3v) is 5.09. The van der Waals surface area contributed by atoms with Crippen LogP contribution < -0.4 is 14.8 Å². The Labute approximate surface area is 148 Å². The molecule has 1 unspecified atom stereocenters. The summed E-state index contributed by atoms with van der Waals surface area (Å²) in [6.45, 7) is 1.32. The molecule has 1 aromatic rings. The van der Waals surface area contributed by atoms with E-state index in [-0.39, 0.29) is 24.3 Å². The highest BCUT2D eigenvalue weighted by Gasteiger charge is 2.33. The number of nitrogens with one attached hydrogen (secondary N) is 1. The van der Waals surface area contributed by atoms with Gasteiger partial charge in [0.05, 0.1) is 26.7 Å². The van der Waals surface area contributed by atoms with Crippen LogP contribution >= 0.6 is 0 Å². The number of carbonyl (C=O) groups excluding carboxylic acids is 2. The van der Waals surface area contributed by atoms with Gasteiger partial charge in [-0.05, 0) is 42.5 Å². The SMILES string of the molecule is COc1cc2c(cc1OC)C1CC(=O)NCCCCCC(=O)N1CC2. The molecule has 0 bridgehead atoms. The molecule has 6 heteroatoms. The average molecular weight is 346 g/mol. The smallest absolute Gasteiger partial charge is 0.223 e. The first kappa shape index (κ1) is 17.6. The number of carbonyl (C=O) groups is 2. The van der Waals surface area contributed by atoms with Gasteiger partial charge in [0.25, 0.3) is 0 Å². The molecule has 136 valence electrons. The molecule has 2 amide bonds. The minimum atomic E-state index is -0.242. The molecule has 2 aliphatic rings. The van der Waals surface area contributed by atoms with Crippen LogP contribution in [0, 0.1) is 0 Å². The zero-order valence-electron chi connectivity index (χ0n) is 15.0. The number of ether oxygens (including phenoxy) is 2. The number of methoxy groups -OCH3 is 2. The monoisotopic (exact) mass is 346 g/mol. The van der Waals surface area contributed by atoms with Crippen LogP contribution in [0.1, 0.15) is 49.3 Å². The van der Waals surface area contributed by atoms with Gasteiger partial charge in [0.15, 0.2) is 11.5 Å². The molecular weight excluding hydrogens is 320 g/mol. The largest absolute Gasteiger partial charge is 0.493 e. The summed E-state index contributed by atoms with van der Waals surface area (Å²) in [4.78, 5) is 26.9. The lowest BCUT2D eigenvalue weighted by atomic mass is 9.89. The minimum Gasteiger partial charge on any atom is -0.493 e. The average Bonchev–Trinajstić information content (AvgIpc) is 2.65. The molecule has 0 radical (unpaired) electrons. The van der Waals surface area contributed by atoms with Gasteiger partial charge in [0.1, 0.15) is 0 Å². The summed E-state index contributed by atoms with van der Waals surface area (Å²) in [5.74, 6) is 1.44. The summed E-state index contributed by atoms with van der Waals surface area (Å²) in [6, 6.07) is 3.65. The highest BCUT2D eigenvalue weighted by atomic mass is 16.5. The molecule has 1 N–H and O–H groups in total. The van der Waals surface area contributed by atoms with E-state index in [1.807, 2.05) is 17.0 Å². The van der Waals surface area contributed by atoms with Crippen LogP contribution in [0.2, 0.25) is 0 Å². The zero-order valence-corrected chi connectivity index (χ0v) is 15.0. The molecule has 1 saturated heterocycles. The molecule has 0 spiro atoms. The van der Waals surface area contributed by atoms with E-state index in [1.54, 1.807) is 14.2 Å². The van der Waals surface area contributed by atoms with Gasteiger partial charge >= 0.3 is 0 Å². The number of benzene rings is 1. The summed E-state index contributed by atoms with van der Waals surface area (Å²) < 4.78 is 10.8. The molecule has 0 aromatic heterocycles. The maximum Gasteiger partial charge on any atom is 0.223 e. The topological polar surface area (TPSA) is 67.9 Å². The Bertz CT molecular complexity index is 659. The van der Waals surface area contributed by atoms with Gasteiger partial charge in [0, 0.05) is 19.5 Å². The van der Waals surface area contributed by atoms with E-state index in [4.69, 9.17) is 9.47 Å². The van der Waals surface area contributed by atoms with E-state index in [2.05, 4.69) is 5.32 Å². The Hall–Kier alpha value is -2.24. The summed E-state index contributed by atoms with van der Waals surface area (Å²) in [7, 11) is 3.21. The van der Waals surface area contributed by atoms with Crippen LogP contribution in [0.3, 0.4) is 0 Å². The zero-order chi connectivity index (χ0) is 17.8. The van der Waals surface area contributed by atoms with Gasteiger partial charge in [-0.2, -0.15) is 0 Å². The highest BCUT2D eigenvalue weighted by molar-refractivity contribution is 5.81. The molecule has 1 aromatic carbocycles. The predicted molar refractivity (Wildman–Crippen MR) is 93.8 cm³/mol. The summed E-state index contributed by atoms with van der Waals surface area (Å²) in [5, 5.41) is 2.98. The van der Waals surface area contributed by atoms with Crippen molar-refractivity contribution in [3.05, 3.63) is 23.3 Å². The number of hydrogen-bond donors (Lipinski definition) is 1. The third kappa shape index (κ3) is 3.72. The fraction of sp³-hybridized carbons (Fsp3) is 0.579. The van der Waals surface area contributed by atoms with Crippen molar-refractivity contribution in [3.63, 3.8) is 0 Å². The predicted octanol–water partition coefficient (Wildman–Crippen LogP) is 2.21. The van der Waals surface area contributed by atoms with Crippen molar-refractivity contribution in [1.82, 2.24) is 10.2 Å². The number of hydrogen-bond acceptors (Lipinski definition) is 4. The van der Waals surface area contributed by atoms with Crippen molar-refractivity contribution < 1.29 is 19.1 Å². The Kier molecular flexibility index (Phi) is 5.46. The van der Waals surface area contributed by atoms with E-state index >= 15 is 0 Å². The van der Waals surface area contributed by atoms with Crippen molar-refractivity contribution >= 4 is 11.8 Å². The molecule has 0 aliphatic carbocycles. The van der Waals surface area contributed by atoms with Gasteiger partial charge < -0.3 is 19.7 Å². The summed E-state index contributed by atoms with van der Waals surface area (Å²) >= 11 is 0. The second-order valence-electron chi connectivity index (χ2n) is 6.62. The van der Waals surface area contributed by atoms with Gasteiger partial charge in [-0.1, -0.05) is 6.42 Å². The Morgan fingerprint density at radius 1 is 1.04 bits per heavy atom. The third-order valence-electron chi connectivity index (χ3n) is 5.09. The number of rotatable bonds is 2. The van der Waals surface area contributed by atoms with Gasteiger partial charge in [-0.25, -0.2) is 0 Å². The minimum absolute atomic E-state index is 0.00710. The molecule has 1 fully saturated rings. The molecule has 2 heterocycles. The van der Waals surface area contributed by atoms with Gasteiger partial charge in [-0.15, -0.1) is 0 Å². The fourth-order valence-electron chi connectivity index (χ4n) is 3.74. The number of nitrogens with zero attached hydrogens (tertiary/aromatic N) is 1. The molecule has 2 aliphatic heterocycles. The molecular formula is C19H26N2O4. The first-order chi connectivity index (χ1) is 12.1. The standard InChI is InChI=1S/C19H26N2O4/c1-24-16-10-13-7-9-21-15(14(13)11-17(16)25-2)12-18(22)20-8-5-3-4-6-19(21)23/h10-11,15H,3-9,12H2,1-2H3,(H,20,22). The first-order valence-electron chi connectivity index (χ1n) is 8.95. The first-order valence-corrected chi connectivity index (χ1v) is 8.95. The van der Waals surface area contributed by atoms with Crippen LogP contribution in [-0.4, -0.2) is 44.0 Å². The summed E-state index contributed by atoms with van der Waals surface area (Å²) in [5.41, 5.74) is 2.11. The summed E-state index contributed by atoms with van der Waals surface area (Å²) in [6.07, 6.45) is 4.36.